The molecule has 2 unspecified atom stereocenters. The van der Waals surface area contributed by atoms with Gasteiger partial charge >= 0.3 is 6.18 Å². The van der Waals surface area contributed by atoms with Gasteiger partial charge in [0.05, 0.1) is 13.2 Å². The van der Waals surface area contributed by atoms with Crippen LogP contribution in [0, 0.1) is 5.92 Å². The standard InChI is InChI=1S/C11H21F3N2O/c1-7(2)10(15)9(5-17)16(8-3-4-8)6-11(12,13)14/h7-10,17H,3-6,15H2,1-2H3. The molecule has 0 aliphatic heterocycles. The van der Waals surface area contributed by atoms with E-state index in [2.05, 4.69) is 0 Å². The Bertz CT molecular complexity index is 241. The van der Waals surface area contributed by atoms with Crippen LogP contribution in [0.5, 0.6) is 0 Å². The molecule has 0 aromatic heterocycles. The van der Waals surface area contributed by atoms with Crippen molar-refractivity contribution in [1.82, 2.24) is 4.90 Å². The average molecular weight is 254 g/mol. The van der Waals surface area contributed by atoms with E-state index in [1.165, 1.54) is 4.90 Å². The Kier molecular flexibility index (Phi) is 4.80. The third kappa shape index (κ3) is 4.44. The summed E-state index contributed by atoms with van der Waals surface area (Å²) in [5.74, 6) is 0.0432. The lowest BCUT2D eigenvalue weighted by Crippen LogP contribution is -2.55. The normalized spacial score (nSPS) is 21.0. The molecule has 3 N–H and O–H groups in total. The number of nitrogens with zero attached hydrogens (tertiary/aromatic N) is 1. The van der Waals surface area contributed by atoms with Crippen LogP contribution >= 0.6 is 0 Å². The van der Waals surface area contributed by atoms with Crippen molar-refractivity contribution < 1.29 is 18.3 Å². The minimum atomic E-state index is -4.24. The van der Waals surface area contributed by atoms with Gasteiger partial charge in [-0.3, -0.25) is 4.90 Å². The largest absolute Gasteiger partial charge is 0.401 e. The smallest absolute Gasteiger partial charge is 0.395 e. The Hall–Kier alpha value is -0.330. The summed E-state index contributed by atoms with van der Waals surface area (Å²) in [5, 5.41) is 9.30. The van der Waals surface area contributed by atoms with Crippen molar-refractivity contribution in [2.75, 3.05) is 13.2 Å². The van der Waals surface area contributed by atoms with Crippen LogP contribution in [-0.4, -0.2) is 47.5 Å². The molecule has 1 rings (SSSR count). The van der Waals surface area contributed by atoms with Crippen molar-refractivity contribution >= 4 is 0 Å². The minimum absolute atomic E-state index is 0.0432. The van der Waals surface area contributed by atoms with Gasteiger partial charge < -0.3 is 10.8 Å². The third-order valence-corrected chi connectivity index (χ3v) is 3.20. The van der Waals surface area contributed by atoms with Gasteiger partial charge in [-0.2, -0.15) is 13.2 Å². The van der Waals surface area contributed by atoms with E-state index < -0.39 is 24.8 Å². The Morgan fingerprint density at radius 3 is 2.18 bits per heavy atom. The predicted molar refractivity (Wildman–Crippen MR) is 59.5 cm³/mol. The van der Waals surface area contributed by atoms with Crippen LogP contribution in [-0.2, 0) is 0 Å². The van der Waals surface area contributed by atoms with E-state index in [-0.39, 0.29) is 18.6 Å². The first-order valence-electron chi connectivity index (χ1n) is 5.95. The molecule has 0 heterocycles. The minimum Gasteiger partial charge on any atom is -0.395 e. The van der Waals surface area contributed by atoms with E-state index in [1.54, 1.807) is 0 Å². The Labute approximate surface area is 99.8 Å². The summed E-state index contributed by atoms with van der Waals surface area (Å²) in [7, 11) is 0. The number of aliphatic hydroxyl groups is 1. The first-order valence-corrected chi connectivity index (χ1v) is 5.95. The number of hydrogen-bond donors (Lipinski definition) is 2. The Balaban J connectivity index is 2.73. The van der Waals surface area contributed by atoms with E-state index in [0.29, 0.717) is 0 Å². The zero-order valence-corrected chi connectivity index (χ0v) is 10.2. The van der Waals surface area contributed by atoms with Crippen LogP contribution in [0.1, 0.15) is 26.7 Å². The van der Waals surface area contributed by atoms with Crippen molar-refractivity contribution in [3.05, 3.63) is 0 Å². The highest BCUT2D eigenvalue weighted by Crippen LogP contribution is 2.33. The van der Waals surface area contributed by atoms with Crippen molar-refractivity contribution in [2.24, 2.45) is 11.7 Å². The maximum absolute atomic E-state index is 12.5. The fourth-order valence-corrected chi connectivity index (χ4v) is 2.02. The molecule has 0 bridgehead atoms. The van der Waals surface area contributed by atoms with Crippen molar-refractivity contribution in [3.8, 4) is 0 Å². The van der Waals surface area contributed by atoms with E-state index in [0.717, 1.165) is 12.8 Å². The summed E-state index contributed by atoms with van der Waals surface area (Å²) in [6.07, 6.45) is -2.72. The van der Waals surface area contributed by atoms with Crippen molar-refractivity contribution in [3.63, 3.8) is 0 Å². The molecule has 3 nitrogen and oxygen atoms in total. The molecule has 1 fully saturated rings. The fourth-order valence-electron chi connectivity index (χ4n) is 2.02. The summed E-state index contributed by atoms with van der Waals surface area (Å²) < 4.78 is 37.5. The maximum Gasteiger partial charge on any atom is 0.401 e. The summed E-state index contributed by atoms with van der Waals surface area (Å²) >= 11 is 0. The molecule has 0 saturated heterocycles. The molecule has 17 heavy (non-hydrogen) atoms. The number of halogens is 3. The van der Waals surface area contributed by atoms with Gasteiger partial charge in [0.1, 0.15) is 0 Å². The quantitative estimate of drug-likeness (QED) is 0.752. The van der Waals surface area contributed by atoms with Gasteiger partial charge in [0.2, 0.25) is 0 Å². The SMILES string of the molecule is CC(C)C(N)C(CO)N(CC(F)(F)F)C1CC1. The maximum atomic E-state index is 12.5. The van der Waals surface area contributed by atoms with Crippen molar-refractivity contribution in [2.45, 2.75) is 51.0 Å². The number of aliphatic hydroxyl groups excluding tert-OH is 1. The highest BCUT2D eigenvalue weighted by atomic mass is 19.4. The van der Waals surface area contributed by atoms with E-state index in [4.69, 9.17) is 5.73 Å². The lowest BCUT2D eigenvalue weighted by atomic mass is 9.96. The molecule has 1 aliphatic rings. The monoisotopic (exact) mass is 254 g/mol. The van der Waals surface area contributed by atoms with Crippen molar-refractivity contribution in [1.29, 1.82) is 0 Å². The molecule has 0 amide bonds. The van der Waals surface area contributed by atoms with E-state index in [9.17, 15) is 18.3 Å². The van der Waals surface area contributed by atoms with Gasteiger partial charge in [0, 0.05) is 18.1 Å². The van der Waals surface area contributed by atoms with Gasteiger partial charge in [0.25, 0.3) is 0 Å². The fraction of sp³-hybridized carbons (Fsp3) is 1.00. The summed E-state index contributed by atoms with van der Waals surface area (Å²) in [4.78, 5) is 1.32. The summed E-state index contributed by atoms with van der Waals surface area (Å²) in [6.45, 7) is 2.40. The zero-order valence-electron chi connectivity index (χ0n) is 10.2. The highest BCUT2D eigenvalue weighted by molar-refractivity contribution is 4.94. The first-order chi connectivity index (χ1) is 7.76. The van der Waals surface area contributed by atoms with Gasteiger partial charge in [-0.05, 0) is 18.8 Å². The lowest BCUT2D eigenvalue weighted by Gasteiger charge is -2.36. The molecular weight excluding hydrogens is 233 g/mol. The molecule has 102 valence electrons. The lowest BCUT2D eigenvalue weighted by molar-refractivity contribution is -0.155. The molecule has 0 aromatic rings. The highest BCUT2D eigenvalue weighted by Gasteiger charge is 2.43. The molecule has 1 aliphatic carbocycles. The number of rotatable bonds is 6. The second-order valence-electron chi connectivity index (χ2n) is 5.09. The second-order valence-corrected chi connectivity index (χ2v) is 5.09. The van der Waals surface area contributed by atoms with Crippen LogP contribution in [0.15, 0.2) is 0 Å². The molecule has 2 atom stereocenters. The Morgan fingerprint density at radius 2 is 1.88 bits per heavy atom. The van der Waals surface area contributed by atoms with Gasteiger partial charge in [0.15, 0.2) is 0 Å². The van der Waals surface area contributed by atoms with Gasteiger partial charge in [-0.25, -0.2) is 0 Å². The van der Waals surface area contributed by atoms with Gasteiger partial charge in [-0.1, -0.05) is 13.8 Å². The van der Waals surface area contributed by atoms with Crippen LogP contribution in [0.3, 0.4) is 0 Å². The number of nitrogens with two attached hydrogens (primary N) is 1. The van der Waals surface area contributed by atoms with Gasteiger partial charge in [-0.15, -0.1) is 0 Å². The van der Waals surface area contributed by atoms with Crippen LogP contribution in [0.2, 0.25) is 0 Å². The summed E-state index contributed by atoms with van der Waals surface area (Å²) in [6, 6.07) is -1.12. The molecule has 1 saturated carbocycles. The third-order valence-electron chi connectivity index (χ3n) is 3.20. The summed E-state index contributed by atoms with van der Waals surface area (Å²) in [5.41, 5.74) is 5.89. The van der Waals surface area contributed by atoms with Crippen LogP contribution in [0.4, 0.5) is 13.2 Å². The van der Waals surface area contributed by atoms with E-state index in [1.807, 2.05) is 13.8 Å². The van der Waals surface area contributed by atoms with Crippen LogP contribution in [0.25, 0.3) is 0 Å². The molecule has 0 radical (unpaired) electrons. The van der Waals surface area contributed by atoms with Crippen LogP contribution < -0.4 is 5.73 Å². The second kappa shape index (κ2) is 5.54. The van der Waals surface area contributed by atoms with E-state index >= 15 is 0 Å². The number of alkyl halides is 3. The molecule has 6 heteroatoms. The number of hydrogen-bond acceptors (Lipinski definition) is 3. The molecular formula is C11H21F3N2O. The first kappa shape index (κ1) is 14.7. The average Bonchev–Trinajstić information content (AvgIpc) is 2.98. The zero-order chi connectivity index (χ0) is 13.2. The molecule has 0 aromatic carbocycles. The molecule has 0 spiro atoms. The predicted octanol–water partition coefficient (Wildman–Crippen LogP) is 1.36. The topological polar surface area (TPSA) is 49.5 Å². The Morgan fingerprint density at radius 1 is 1.35 bits per heavy atom.